The lowest BCUT2D eigenvalue weighted by Crippen LogP contribution is -2.44. The number of methoxy groups -OCH3 is 1. The Morgan fingerprint density at radius 3 is 2.61 bits per heavy atom. The molecule has 0 spiro atoms. The second kappa shape index (κ2) is 11.9. The molecule has 4 rings (SSSR count). The maximum absolute atomic E-state index is 11.4. The van der Waals surface area contributed by atoms with E-state index in [1.165, 1.54) is 6.08 Å². The quantitative estimate of drug-likeness (QED) is 0.335. The molecule has 1 fully saturated rings. The molecule has 1 aromatic heterocycles. The maximum Gasteiger partial charge on any atom is 0.247 e. The highest BCUT2D eigenvalue weighted by Crippen LogP contribution is 2.32. The zero-order chi connectivity index (χ0) is 25.5. The van der Waals surface area contributed by atoms with E-state index in [2.05, 4.69) is 71.3 Å². The van der Waals surface area contributed by atoms with Gasteiger partial charge in [-0.1, -0.05) is 18.7 Å². The fourth-order valence-corrected chi connectivity index (χ4v) is 4.13. The van der Waals surface area contributed by atoms with E-state index in [0.717, 1.165) is 53.3 Å². The van der Waals surface area contributed by atoms with Gasteiger partial charge in [-0.2, -0.15) is 4.98 Å². The van der Waals surface area contributed by atoms with Crippen molar-refractivity contribution in [2.45, 2.75) is 6.54 Å². The Labute approximate surface area is 219 Å². The first-order valence-electron chi connectivity index (χ1n) is 11.6. The molecule has 1 amide bonds. The molecule has 3 aromatic rings. The normalized spacial score (nSPS) is 13.7. The Bertz CT molecular complexity index is 1210. The van der Waals surface area contributed by atoms with Crippen molar-refractivity contribution >= 4 is 50.7 Å². The fraction of sp³-hybridized carbons (Fsp3) is 0.269. The van der Waals surface area contributed by atoms with Crippen molar-refractivity contribution in [3.8, 4) is 5.75 Å². The largest absolute Gasteiger partial charge is 0.494 e. The van der Waals surface area contributed by atoms with Gasteiger partial charge in [0.25, 0.3) is 0 Å². The average molecular weight is 552 g/mol. The van der Waals surface area contributed by atoms with Crippen molar-refractivity contribution in [2.75, 3.05) is 61.2 Å². The minimum absolute atomic E-state index is 0.239. The number of nitrogens with one attached hydrogen (secondary N) is 3. The Morgan fingerprint density at radius 2 is 1.92 bits per heavy atom. The molecule has 0 aliphatic carbocycles. The van der Waals surface area contributed by atoms with Crippen molar-refractivity contribution in [1.82, 2.24) is 14.9 Å². The first-order chi connectivity index (χ1) is 17.4. The summed E-state index contributed by atoms with van der Waals surface area (Å²) in [6.07, 6.45) is 2.95. The molecule has 9 nitrogen and oxygen atoms in total. The number of rotatable bonds is 9. The number of hydrogen-bond acceptors (Lipinski definition) is 8. The van der Waals surface area contributed by atoms with E-state index in [0.29, 0.717) is 24.0 Å². The molecule has 0 radical (unpaired) electrons. The molecule has 3 N–H and O–H groups in total. The summed E-state index contributed by atoms with van der Waals surface area (Å²) < 4.78 is 6.41. The van der Waals surface area contributed by atoms with Crippen LogP contribution in [-0.2, 0) is 11.3 Å². The van der Waals surface area contributed by atoms with Gasteiger partial charge in [-0.3, -0.25) is 4.79 Å². The first-order valence-corrected chi connectivity index (χ1v) is 12.4. The summed E-state index contributed by atoms with van der Waals surface area (Å²) in [5, 5.41) is 9.34. The SMILES string of the molecule is C=CC(=O)Nc1ccc(CNc2nc(Nc3ccc(N4CCN(C)CC4)cc3OC)ncc2Br)cc1. The van der Waals surface area contributed by atoms with Gasteiger partial charge in [0.15, 0.2) is 0 Å². The number of benzene rings is 2. The zero-order valence-electron chi connectivity index (χ0n) is 20.4. The number of likely N-dealkylation sites (N-methyl/N-ethyl adjacent to an activating group) is 1. The summed E-state index contributed by atoms with van der Waals surface area (Å²) in [6.45, 7) is 8.07. The second-order valence-electron chi connectivity index (χ2n) is 8.43. The van der Waals surface area contributed by atoms with Crippen molar-refractivity contribution in [2.24, 2.45) is 0 Å². The van der Waals surface area contributed by atoms with Crippen LogP contribution in [0.3, 0.4) is 0 Å². The molecule has 188 valence electrons. The summed E-state index contributed by atoms with van der Waals surface area (Å²) in [4.78, 5) is 25.2. The predicted molar refractivity (Wildman–Crippen MR) is 148 cm³/mol. The Balaban J connectivity index is 1.42. The maximum atomic E-state index is 11.4. The van der Waals surface area contributed by atoms with Crippen molar-refractivity contribution < 1.29 is 9.53 Å². The van der Waals surface area contributed by atoms with Gasteiger partial charge in [-0.05, 0) is 58.9 Å². The standard InChI is InChI=1S/C26H30BrN7O2/c1-4-24(35)30-19-7-5-18(6-8-19)16-28-25-21(27)17-29-26(32-25)31-22-10-9-20(15-23(22)36-3)34-13-11-33(2)12-14-34/h4-10,15,17H,1,11-14,16H2,2-3H3,(H,30,35)(H2,28,29,31,32). The number of nitrogens with zero attached hydrogens (tertiary/aromatic N) is 4. The molecule has 36 heavy (non-hydrogen) atoms. The van der Waals surface area contributed by atoms with Gasteiger partial charge in [0.05, 0.1) is 17.3 Å². The van der Waals surface area contributed by atoms with Crippen LogP contribution in [0.5, 0.6) is 5.75 Å². The van der Waals surface area contributed by atoms with Gasteiger partial charge in [0.1, 0.15) is 11.6 Å². The monoisotopic (exact) mass is 551 g/mol. The van der Waals surface area contributed by atoms with Crippen LogP contribution < -0.4 is 25.6 Å². The third-order valence-corrected chi connectivity index (χ3v) is 6.49. The van der Waals surface area contributed by atoms with Crippen LogP contribution >= 0.6 is 15.9 Å². The van der Waals surface area contributed by atoms with Gasteiger partial charge in [-0.15, -0.1) is 0 Å². The number of halogens is 1. The van der Waals surface area contributed by atoms with E-state index in [1.807, 2.05) is 36.4 Å². The third-order valence-electron chi connectivity index (χ3n) is 5.91. The van der Waals surface area contributed by atoms with Crippen LogP contribution in [0, 0.1) is 0 Å². The molecule has 10 heteroatoms. The van der Waals surface area contributed by atoms with Crippen molar-refractivity contribution in [1.29, 1.82) is 0 Å². The summed E-state index contributed by atoms with van der Waals surface area (Å²) >= 11 is 3.52. The highest BCUT2D eigenvalue weighted by Gasteiger charge is 2.16. The van der Waals surface area contributed by atoms with Gasteiger partial charge < -0.3 is 30.5 Å². The summed E-state index contributed by atoms with van der Waals surface area (Å²) in [7, 11) is 3.81. The molecule has 1 aliphatic rings. The minimum atomic E-state index is -0.239. The molecule has 1 aliphatic heterocycles. The topological polar surface area (TPSA) is 94.6 Å². The molecule has 1 saturated heterocycles. The van der Waals surface area contributed by atoms with Crippen molar-refractivity contribution in [3.05, 3.63) is 71.4 Å². The molecule has 0 atom stereocenters. The third kappa shape index (κ3) is 6.52. The number of ether oxygens (including phenoxy) is 1. The highest BCUT2D eigenvalue weighted by atomic mass is 79.9. The molecular weight excluding hydrogens is 522 g/mol. The molecule has 0 bridgehead atoms. The molecular formula is C26H30BrN7O2. The number of anilines is 5. The number of carbonyl (C=O) groups is 1. The lowest BCUT2D eigenvalue weighted by molar-refractivity contribution is -0.111. The first kappa shape index (κ1) is 25.5. The van der Waals surface area contributed by atoms with E-state index in [1.54, 1.807) is 13.3 Å². The molecule has 0 unspecified atom stereocenters. The number of carbonyl (C=O) groups excluding carboxylic acids is 1. The second-order valence-corrected chi connectivity index (χ2v) is 9.29. The van der Waals surface area contributed by atoms with Gasteiger partial charge in [0, 0.05) is 56.4 Å². The molecule has 2 heterocycles. The van der Waals surface area contributed by atoms with E-state index in [4.69, 9.17) is 4.74 Å². The number of aromatic nitrogens is 2. The number of piperazine rings is 1. The van der Waals surface area contributed by atoms with Gasteiger partial charge >= 0.3 is 0 Å². The Hall–Kier alpha value is -3.63. The minimum Gasteiger partial charge on any atom is -0.494 e. The summed E-state index contributed by atoms with van der Waals surface area (Å²) in [6, 6.07) is 13.7. The average Bonchev–Trinajstić information content (AvgIpc) is 2.90. The lowest BCUT2D eigenvalue weighted by Gasteiger charge is -2.34. The summed E-state index contributed by atoms with van der Waals surface area (Å²) in [5.41, 5.74) is 3.68. The lowest BCUT2D eigenvalue weighted by atomic mass is 10.2. The fourth-order valence-electron chi connectivity index (χ4n) is 3.80. The number of hydrogen-bond donors (Lipinski definition) is 3. The van der Waals surface area contributed by atoms with Crippen LogP contribution in [0.25, 0.3) is 0 Å². The number of amides is 1. The smallest absolute Gasteiger partial charge is 0.247 e. The zero-order valence-corrected chi connectivity index (χ0v) is 22.0. The van der Waals surface area contributed by atoms with Crippen LogP contribution in [0.1, 0.15) is 5.56 Å². The van der Waals surface area contributed by atoms with E-state index < -0.39 is 0 Å². The van der Waals surface area contributed by atoms with Crippen LogP contribution in [-0.4, -0.2) is 61.1 Å². The van der Waals surface area contributed by atoms with Crippen molar-refractivity contribution in [3.63, 3.8) is 0 Å². The van der Waals surface area contributed by atoms with E-state index >= 15 is 0 Å². The molecule has 2 aromatic carbocycles. The van der Waals surface area contributed by atoms with Crippen LogP contribution in [0.15, 0.2) is 65.8 Å². The van der Waals surface area contributed by atoms with Crippen LogP contribution in [0.2, 0.25) is 0 Å². The van der Waals surface area contributed by atoms with Crippen LogP contribution in [0.4, 0.5) is 28.8 Å². The Morgan fingerprint density at radius 1 is 1.17 bits per heavy atom. The molecule has 0 saturated carbocycles. The van der Waals surface area contributed by atoms with E-state index in [9.17, 15) is 4.79 Å². The Kier molecular flexibility index (Phi) is 8.40. The van der Waals surface area contributed by atoms with Gasteiger partial charge in [-0.25, -0.2) is 4.98 Å². The predicted octanol–water partition coefficient (Wildman–Crippen LogP) is 4.48. The highest BCUT2D eigenvalue weighted by molar-refractivity contribution is 9.10. The van der Waals surface area contributed by atoms with Gasteiger partial charge in [0.2, 0.25) is 11.9 Å². The summed E-state index contributed by atoms with van der Waals surface area (Å²) in [5.74, 6) is 1.60. The van der Waals surface area contributed by atoms with E-state index in [-0.39, 0.29) is 5.91 Å².